The third-order valence-corrected chi connectivity index (χ3v) is 2.97. The molecule has 0 fully saturated rings. The Bertz CT molecular complexity index is 699. The first-order valence-corrected chi connectivity index (χ1v) is 8.46. The Morgan fingerprint density at radius 1 is 0.300 bits per heavy atom. The second kappa shape index (κ2) is 20.8. The fourth-order valence-electron chi connectivity index (χ4n) is 1.68. The molecule has 0 atom stereocenters. The Labute approximate surface area is 238 Å². The van der Waals surface area contributed by atoms with E-state index in [4.69, 9.17) is 0 Å². The van der Waals surface area contributed by atoms with Crippen molar-refractivity contribution in [3.63, 3.8) is 0 Å². The molecule has 0 radical (unpaired) electrons. The maximum absolute atomic E-state index is 10.3. The van der Waals surface area contributed by atoms with Gasteiger partial charge < -0.3 is 20.4 Å². The third kappa shape index (κ3) is 18.6. The van der Waals surface area contributed by atoms with Gasteiger partial charge in [0.1, 0.15) is 0 Å². The maximum Gasteiger partial charge on any atom is 2.00 e. The summed E-state index contributed by atoms with van der Waals surface area (Å²) < 4.78 is 0. The molecule has 0 aromatic heterocycles. The number of hydrogen-bond acceptors (Lipinski definition) is 4. The van der Waals surface area contributed by atoms with E-state index in [1.165, 1.54) is 48.5 Å². The van der Waals surface area contributed by atoms with E-state index < -0.39 is 0 Å². The van der Waals surface area contributed by atoms with E-state index in [1.54, 1.807) is 48.5 Å². The van der Waals surface area contributed by atoms with Crippen molar-refractivity contribution >= 4 is 48.9 Å². The van der Waals surface area contributed by atoms with E-state index in [2.05, 4.69) is 0 Å². The van der Waals surface area contributed by atoms with Crippen LogP contribution in [0.3, 0.4) is 0 Å². The van der Waals surface area contributed by atoms with E-state index in [-0.39, 0.29) is 99.2 Å². The summed E-state index contributed by atoms with van der Waals surface area (Å²) in [6.45, 7) is 0. The van der Waals surface area contributed by atoms with Gasteiger partial charge in [-0.3, -0.25) is 0 Å². The Kier molecular flexibility index (Phi) is 21.4. The standard InChI is InChI=1S/4C6H6O.Ba.Cd/c4*7-6-4-2-1-3-5-6;;/h4*1-5,7H;;/q;;;;2*+2/p-4. The van der Waals surface area contributed by atoms with Crippen LogP contribution in [0, 0.1) is 0 Å². The summed E-state index contributed by atoms with van der Waals surface area (Å²) in [6.07, 6.45) is 0. The summed E-state index contributed by atoms with van der Waals surface area (Å²) in [5, 5.41) is 41.1. The van der Waals surface area contributed by atoms with Crippen molar-refractivity contribution in [1.29, 1.82) is 0 Å². The molecule has 4 rings (SSSR count). The maximum atomic E-state index is 10.3. The van der Waals surface area contributed by atoms with Crippen LogP contribution in [0.5, 0.6) is 23.0 Å². The molecule has 0 bridgehead atoms. The fraction of sp³-hybridized carbons (Fsp3) is 0. The molecule has 6 heteroatoms. The summed E-state index contributed by atoms with van der Waals surface area (Å²) >= 11 is 0. The second-order valence-corrected chi connectivity index (χ2v) is 5.25. The van der Waals surface area contributed by atoms with E-state index in [0.29, 0.717) is 0 Å². The number of para-hydroxylation sites is 4. The van der Waals surface area contributed by atoms with Crippen molar-refractivity contribution in [3.05, 3.63) is 121 Å². The molecular formula is C24H20BaCdO4. The van der Waals surface area contributed by atoms with Crippen molar-refractivity contribution in [2.75, 3.05) is 0 Å². The van der Waals surface area contributed by atoms with E-state index in [1.807, 2.05) is 24.3 Å². The molecule has 0 aliphatic carbocycles. The molecule has 30 heavy (non-hydrogen) atoms. The van der Waals surface area contributed by atoms with Crippen molar-refractivity contribution in [2.45, 2.75) is 0 Å². The summed E-state index contributed by atoms with van der Waals surface area (Å²) in [4.78, 5) is 0. The molecule has 144 valence electrons. The zero-order valence-electron chi connectivity index (χ0n) is 16.6. The predicted molar refractivity (Wildman–Crippen MR) is 109 cm³/mol. The molecule has 0 amide bonds. The van der Waals surface area contributed by atoms with Crippen LogP contribution in [0.2, 0.25) is 0 Å². The average Bonchev–Trinajstić information content (AvgIpc) is 2.72. The molecule has 0 heterocycles. The minimum atomic E-state index is 0. The predicted octanol–water partition coefficient (Wildman–Crippen LogP) is 2.66. The second-order valence-electron chi connectivity index (χ2n) is 5.25. The van der Waals surface area contributed by atoms with E-state index in [9.17, 15) is 20.4 Å². The molecule has 0 N–H and O–H groups in total. The first-order chi connectivity index (χ1) is 13.6. The van der Waals surface area contributed by atoms with Gasteiger partial charge in [0.05, 0.1) is 0 Å². The van der Waals surface area contributed by atoms with Crippen LogP contribution in [0.25, 0.3) is 0 Å². The van der Waals surface area contributed by atoms with E-state index in [0.717, 1.165) is 0 Å². The zero-order chi connectivity index (χ0) is 20.5. The zero-order valence-corrected chi connectivity index (χ0v) is 25.1. The molecule has 4 aromatic carbocycles. The van der Waals surface area contributed by atoms with Crippen LogP contribution >= 0.6 is 0 Å². The largest absolute Gasteiger partial charge is 2.00 e. The first kappa shape index (κ1) is 30.8. The molecule has 0 aliphatic rings. The molecule has 0 aliphatic heterocycles. The normalized spacial score (nSPS) is 8.00. The van der Waals surface area contributed by atoms with Gasteiger partial charge in [-0.25, -0.2) is 0 Å². The molecule has 0 spiro atoms. The Balaban J connectivity index is 0. The van der Waals surface area contributed by atoms with Crippen LogP contribution in [-0.2, 0) is 27.3 Å². The van der Waals surface area contributed by atoms with Crippen molar-refractivity contribution in [3.8, 4) is 23.0 Å². The first-order valence-electron chi connectivity index (χ1n) is 8.46. The Morgan fingerprint density at radius 2 is 0.433 bits per heavy atom. The van der Waals surface area contributed by atoms with Gasteiger partial charge in [0, 0.05) is 0 Å². The van der Waals surface area contributed by atoms with Crippen molar-refractivity contribution in [2.24, 2.45) is 0 Å². The minimum Gasteiger partial charge on any atom is -0.872 e. The molecular weight excluding hydrogens is 602 g/mol. The van der Waals surface area contributed by atoms with Crippen LogP contribution in [0.4, 0.5) is 0 Å². The van der Waals surface area contributed by atoms with E-state index >= 15 is 0 Å². The van der Waals surface area contributed by atoms with Gasteiger partial charge in [-0.15, -0.1) is 23.0 Å². The van der Waals surface area contributed by atoms with Gasteiger partial charge >= 0.3 is 76.2 Å². The Morgan fingerprint density at radius 3 is 0.500 bits per heavy atom. The van der Waals surface area contributed by atoms with Crippen LogP contribution in [0.1, 0.15) is 0 Å². The van der Waals surface area contributed by atoms with Gasteiger partial charge in [-0.05, 0) is 0 Å². The Hall–Kier alpha value is -1.43. The minimum absolute atomic E-state index is 0. The number of benzene rings is 4. The summed E-state index contributed by atoms with van der Waals surface area (Å²) in [7, 11) is 0. The summed E-state index contributed by atoms with van der Waals surface area (Å²) in [6, 6.07) is 33.3. The third-order valence-electron chi connectivity index (χ3n) is 2.97. The SMILES string of the molecule is [Ba+2].[Cd+2].[O-]c1ccccc1.[O-]c1ccccc1.[O-]c1ccccc1.[O-]c1ccccc1. The van der Waals surface area contributed by atoms with Crippen LogP contribution in [-0.4, -0.2) is 48.9 Å². The van der Waals surface area contributed by atoms with Gasteiger partial charge in [0.25, 0.3) is 0 Å². The summed E-state index contributed by atoms with van der Waals surface area (Å²) in [5.74, 6) is 0.287. The molecule has 0 saturated heterocycles. The molecule has 4 nitrogen and oxygen atoms in total. The van der Waals surface area contributed by atoms with Gasteiger partial charge in [0.2, 0.25) is 0 Å². The quantitative estimate of drug-likeness (QED) is 0.282. The van der Waals surface area contributed by atoms with Gasteiger partial charge in [0.15, 0.2) is 0 Å². The van der Waals surface area contributed by atoms with Crippen LogP contribution in [0.15, 0.2) is 121 Å². The fourth-order valence-corrected chi connectivity index (χ4v) is 1.68. The molecule has 0 unspecified atom stereocenters. The topological polar surface area (TPSA) is 92.2 Å². The van der Waals surface area contributed by atoms with Crippen LogP contribution < -0.4 is 20.4 Å². The number of hydrogen-bond donors (Lipinski definition) is 0. The van der Waals surface area contributed by atoms with Gasteiger partial charge in [-0.1, -0.05) is 121 Å². The summed E-state index contributed by atoms with van der Waals surface area (Å²) in [5.41, 5.74) is 0. The number of rotatable bonds is 0. The van der Waals surface area contributed by atoms with Crippen molar-refractivity contribution < 1.29 is 47.7 Å². The molecule has 0 saturated carbocycles. The molecule has 4 aromatic rings. The smallest absolute Gasteiger partial charge is 0.872 e. The monoisotopic (exact) mass is 624 g/mol. The average molecular weight is 622 g/mol. The van der Waals surface area contributed by atoms with Gasteiger partial charge in [-0.2, -0.15) is 0 Å². The van der Waals surface area contributed by atoms with Crippen molar-refractivity contribution in [1.82, 2.24) is 0 Å².